The maximum absolute atomic E-state index is 12.7. The van der Waals surface area contributed by atoms with Gasteiger partial charge in [0.15, 0.2) is 17.7 Å². The molecule has 2 nitrogen and oxygen atoms in total. The fraction of sp³-hybridized carbons (Fsp3) is 0.286. The van der Waals surface area contributed by atoms with Gasteiger partial charge in [-0.2, -0.15) is 13.2 Å². The normalized spacial score (nSPS) is 14.1. The molecule has 0 bridgehead atoms. The molecule has 1 aromatic rings. The van der Waals surface area contributed by atoms with Crippen LogP contribution in [0.5, 0.6) is 0 Å². The molecule has 0 amide bonds. The van der Waals surface area contributed by atoms with Crippen molar-refractivity contribution in [2.45, 2.75) is 12.3 Å². The van der Waals surface area contributed by atoms with E-state index >= 15 is 0 Å². The van der Waals surface area contributed by atoms with Crippen molar-refractivity contribution >= 4 is 0 Å². The summed E-state index contributed by atoms with van der Waals surface area (Å²) in [7, 11) is 0. The van der Waals surface area contributed by atoms with Crippen LogP contribution in [0.1, 0.15) is 11.7 Å². The van der Waals surface area contributed by atoms with E-state index in [1.807, 2.05) is 0 Å². The van der Waals surface area contributed by atoms with Crippen LogP contribution in [0.25, 0.3) is 0 Å². The van der Waals surface area contributed by atoms with Crippen molar-refractivity contribution in [3.63, 3.8) is 0 Å². The largest absolute Gasteiger partial charge is 0.418 e. The highest BCUT2D eigenvalue weighted by atomic mass is 19.4. The van der Waals surface area contributed by atoms with Gasteiger partial charge in [0.25, 0.3) is 0 Å². The summed E-state index contributed by atoms with van der Waals surface area (Å²) >= 11 is 0. The lowest BCUT2D eigenvalue weighted by Gasteiger charge is -2.15. The molecule has 7 heteroatoms. The summed E-state index contributed by atoms with van der Waals surface area (Å²) < 4.78 is 61.0. The maximum atomic E-state index is 12.7. The van der Waals surface area contributed by atoms with Crippen LogP contribution in [0.15, 0.2) is 12.4 Å². The molecule has 1 aromatic heterocycles. The van der Waals surface area contributed by atoms with E-state index < -0.39 is 29.5 Å². The quantitative estimate of drug-likeness (QED) is 0.723. The molecule has 1 N–H and O–H groups in total. The molecule has 1 atom stereocenters. The number of hydrogen-bond acceptors (Lipinski definition) is 2. The van der Waals surface area contributed by atoms with Gasteiger partial charge in [0, 0.05) is 0 Å². The lowest BCUT2D eigenvalue weighted by atomic mass is 10.1. The van der Waals surface area contributed by atoms with Crippen molar-refractivity contribution in [2.24, 2.45) is 0 Å². The second kappa shape index (κ2) is 3.49. The van der Waals surface area contributed by atoms with Gasteiger partial charge in [0.05, 0.1) is 18.0 Å². The number of aromatic nitrogens is 1. The average Bonchev–Trinajstić information content (AvgIpc) is 2.01. The fourth-order valence-electron chi connectivity index (χ4n) is 0.846. The number of halogens is 5. The predicted molar refractivity (Wildman–Crippen MR) is 35.2 cm³/mol. The average molecular weight is 213 g/mol. The van der Waals surface area contributed by atoms with Crippen LogP contribution >= 0.6 is 0 Å². The van der Waals surface area contributed by atoms with Crippen molar-refractivity contribution in [1.82, 2.24) is 4.98 Å². The molecule has 0 radical (unpaired) electrons. The monoisotopic (exact) mass is 213 g/mol. The minimum absolute atomic E-state index is 0.396. The van der Waals surface area contributed by atoms with Gasteiger partial charge in [0.1, 0.15) is 0 Å². The highest BCUT2D eigenvalue weighted by molar-refractivity contribution is 5.19. The molecule has 0 saturated carbocycles. The Bertz CT molecular complexity index is 317. The zero-order chi connectivity index (χ0) is 10.9. The third kappa shape index (κ3) is 1.98. The molecular formula is C7H4F5NO. The third-order valence-corrected chi connectivity index (χ3v) is 1.47. The van der Waals surface area contributed by atoms with E-state index in [4.69, 9.17) is 5.11 Å². The highest BCUT2D eigenvalue weighted by Crippen LogP contribution is 2.34. The van der Waals surface area contributed by atoms with Crippen LogP contribution in [0.4, 0.5) is 22.0 Å². The molecule has 0 fully saturated rings. The number of alkyl halides is 3. The standard InChI is InChI=1S/C7H4F5NO/c8-3-1-13-2-4(9)5(3)6(14)7(10,11)12/h1-2,6,14H/t6-/m0/s1. The van der Waals surface area contributed by atoms with E-state index in [-0.39, 0.29) is 0 Å². The first kappa shape index (κ1) is 10.8. The van der Waals surface area contributed by atoms with Crippen LogP contribution in [0.2, 0.25) is 0 Å². The Morgan fingerprint density at radius 2 is 1.57 bits per heavy atom. The van der Waals surface area contributed by atoms with Gasteiger partial charge >= 0.3 is 6.18 Å². The number of hydrogen-bond donors (Lipinski definition) is 1. The van der Waals surface area contributed by atoms with Gasteiger partial charge in [0.2, 0.25) is 0 Å². The summed E-state index contributed by atoms with van der Waals surface area (Å²) in [4.78, 5) is 2.98. The van der Waals surface area contributed by atoms with E-state index in [0.29, 0.717) is 12.4 Å². The summed E-state index contributed by atoms with van der Waals surface area (Å²) in [6.45, 7) is 0. The molecule has 1 heterocycles. The van der Waals surface area contributed by atoms with Gasteiger partial charge in [-0.1, -0.05) is 0 Å². The minimum atomic E-state index is -5.11. The van der Waals surface area contributed by atoms with Crippen LogP contribution < -0.4 is 0 Å². The molecule has 1 rings (SSSR count). The van der Waals surface area contributed by atoms with E-state index in [2.05, 4.69) is 4.98 Å². The Morgan fingerprint density at radius 3 is 1.93 bits per heavy atom. The molecular weight excluding hydrogens is 209 g/mol. The van der Waals surface area contributed by atoms with Crippen LogP contribution in [0, 0.1) is 11.6 Å². The third-order valence-electron chi connectivity index (χ3n) is 1.47. The number of rotatable bonds is 1. The van der Waals surface area contributed by atoms with Gasteiger partial charge in [-0.3, -0.25) is 4.98 Å². The second-order valence-corrected chi connectivity index (χ2v) is 2.46. The van der Waals surface area contributed by atoms with E-state index in [9.17, 15) is 22.0 Å². The molecule has 14 heavy (non-hydrogen) atoms. The van der Waals surface area contributed by atoms with E-state index in [0.717, 1.165) is 0 Å². The Balaban J connectivity index is 3.19. The fourth-order valence-corrected chi connectivity index (χ4v) is 0.846. The smallest absolute Gasteiger partial charge is 0.379 e. The second-order valence-electron chi connectivity index (χ2n) is 2.46. The lowest BCUT2D eigenvalue weighted by Crippen LogP contribution is -2.22. The molecule has 78 valence electrons. The molecule has 0 aromatic carbocycles. The zero-order valence-electron chi connectivity index (χ0n) is 6.52. The molecule has 0 aliphatic carbocycles. The summed E-state index contributed by atoms with van der Waals surface area (Å²) in [5, 5.41) is 8.59. The Labute approximate surface area is 75.0 Å². The van der Waals surface area contributed by atoms with Crippen molar-refractivity contribution < 1.29 is 27.1 Å². The Kier molecular flexibility index (Phi) is 2.70. The summed E-state index contributed by atoms with van der Waals surface area (Å²) in [5.74, 6) is -3.07. The Morgan fingerprint density at radius 1 is 1.14 bits per heavy atom. The summed E-state index contributed by atoms with van der Waals surface area (Å²) in [6.07, 6.45) is -7.49. The molecule has 0 saturated heterocycles. The van der Waals surface area contributed by atoms with Gasteiger partial charge in [-0.05, 0) is 0 Å². The number of aliphatic hydroxyl groups excluding tert-OH is 1. The van der Waals surface area contributed by atoms with Crippen molar-refractivity contribution in [1.29, 1.82) is 0 Å². The van der Waals surface area contributed by atoms with E-state index in [1.54, 1.807) is 0 Å². The summed E-state index contributed by atoms with van der Waals surface area (Å²) in [6, 6.07) is 0. The van der Waals surface area contributed by atoms with Crippen molar-refractivity contribution in [3.05, 3.63) is 29.6 Å². The molecule has 0 spiro atoms. The SMILES string of the molecule is O[C@@H](c1c(F)cncc1F)C(F)(F)F. The van der Waals surface area contributed by atoms with Crippen LogP contribution in [0.3, 0.4) is 0 Å². The van der Waals surface area contributed by atoms with Crippen LogP contribution in [-0.4, -0.2) is 16.3 Å². The van der Waals surface area contributed by atoms with Gasteiger partial charge in [-0.25, -0.2) is 8.78 Å². The molecule has 0 unspecified atom stereocenters. The minimum Gasteiger partial charge on any atom is -0.379 e. The molecule has 0 aliphatic heterocycles. The van der Waals surface area contributed by atoms with Crippen LogP contribution in [-0.2, 0) is 0 Å². The predicted octanol–water partition coefficient (Wildman–Crippen LogP) is 1.96. The van der Waals surface area contributed by atoms with Gasteiger partial charge < -0.3 is 5.11 Å². The topological polar surface area (TPSA) is 33.1 Å². The lowest BCUT2D eigenvalue weighted by molar-refractivity contribution is -0.208. The number of pyridine rings is 1. The summed E-state index contributed by atoms with van der Waals surface area (Å²) in [5.41, 5.74) is -1.44. The number of aliphatic hydroxyl groups is 1. The van der Waals surface area contributed by atoms with E-state index in [1.165, 1.54) is 0 Å². The van der Waals surface area contributed by atoms with Gasteiger partial charge in [-0.15, -0.1) is 0 Å². The number of nitrogens with zero attached hydrogens (tertiary/aromatic N) is 1. The Hall–Kier alpha value is -1.24. The first-order valence-corrected chi connectivity index (χ1v) is 3.37. The molecule has 0 aliphatic rings. The maximum Gasteiger partial charge on any atom is 0.418 e. The first-order chi connectivity index (χ1) is 6.34. The zero-order valence-corrected chi connectivity index (χ0v) is 6.52. The highest BCUT2D eigenvalue weighted by Gasteiger charge is 2.42. The van der Waals surface area contributed by atoms with Crippen molar-refractivity contribution in [3.8, 4) is 0 Å². The van der Waals surface area contributed by atoms with Crippen molar-refractivity contribution in [2.75, 3.05) is 0 Å². The first-order valence-electron chi connectivity index (χ1n) is 3.37.